The van der Waals surface area contributed by atoms with E-state index in [1.54, 1.807) is 26.4 Å². The Morgan fingerprint density at radius 1 is 1.19 bits per heavy atom. The Balaban J connectivity index is 1.93. The fourth-order valence-electron chi connectivity index (χ4n) is 3.06. The van der Waals surface area contributed by atoms with E-state index in [0.29, 0.717) is 5.69 Å². The first kappa shape index (κ1) is 19.1. The van der Waals surface area contributed by atoms with E-state index in [1.807, 2.05) is 30.3 Å². The lowest BCUT2D eigenvalue weighted by atomic mass is 9.96. The van der Waals surface area contributed by atoms with Crippen LogP contribution in [0.3, 0.4) is 0 Å². The lowest BCUT2D eigenvalue weighted by molar-refractivity contribution is -0.142. The number of hydrogen-bond donors (Lipinski definition) is 0. The van der Waals surface area contributed by atoms with Crippen LogP contribution in [0.2, 0.25) is 0 Å². The lowest BCUT2D eigenvalue weighted by Crippen LogP contribution is -2.43. The third-order valence-electron chi connectivity index (χ3n) is 4.46. The molecular formula is C20H20F3N3O. The van der Waals surface area contributed by atoms with Gasteiger partial charge >= 0.3 is 6.18 Å². The summed E-state index contributed by atoms with van der Waals surface area (Å²) in [5.74, 6) is -0.682. The molecule has 0 spiro atoms. The zero-order chi connectivity index (χ0) is 19.6. The molecule has 4 nitrogen and oxygen atoms in total. The van der Waals surface area contributed by atoms with E-state index in [-0.39, 0.29) is 25.0 Å². The van der Waals surface area contributed by atoms with Crippen molar-refractivity contribution in [2.75, 3.05) is 14.1 Å². The minimum absolute atomic E-state index is 0.0825. The van der Waals surface area contributed by atoms with Gasteiger partial charge in [0, 0.05) is 36.8 Å². The Hall–Kier alpha value is -2.67. The monoisotopic (exact) mass is 375 g/mol. The molecule has 27 heavy (non-hydrogen) atoms. The summed E-state index contributed by atoms with van der Waals surface area (Å²) in [6, 6.07) is 9.49. The molecule has 0 unspecified atom stereocenters. The number of hydrazine groups is 1. The Morgan fingerprint density at radius 3 is 2.56 bits per heavy atom. The molecule has 1 heterocycles. The van der Waals surface area contributed by atoms with Gasteiger partial charge in [-0.1, -0.05) is 36.4 Å². The molecule has 0 fully saturated rings. The van der Waals surface area contributed by atoms with E-state index in [1.165, 1.54) is 16.1 Å². The van der Waals surface area contributed by atoms with Crippen LogP contribution >= 0.6 is 0 Å². The topological polar surface area (TPSA) is 36.4 Å². The highest BCUT2D eigenvalue weighted by Crippen LogP contribution is 2.35. The van der Waals surface area contributed by atoms with Gasteiger partial charge in [-0.25, -0.2) is 5.01 Å². The number of rotatable bonds is 4. The molecule has 0 saturated heterocycles. The lowest BCUT2D eigenvalue weighted by Gasteiger charge is -2.30. The van der Waals surface area contributed by atoms with Gasteiger partial charge in [-0.05, 0) is 24.3 Å². The molecule has 1 aromatic carbocycles. The SMILES string of the molecule is CN(C)N(Cc1cc2ccccc2cn1)C(=O)C1=C(C(F)(F)F)CCC=C1. The molecule has 0 N–H and O–H groups in total. The van der Waals surface area contributed by atoms with Crippen molar-refractivity contribution in [2.45, 2.75) is 25.6 Å². The summed E-state index contributed by atoms with van der Waals surface area (Å²) < 4.78 is 40.0. The molecule has 1 aliphatic carbocycles. The van der Waals surface area contributed by atoms with Crippen LogP contribution < -0.4 is 0 Å². The van der Waals surface area contributed by atoms with Crippen molar-refractivity contribution >= 4 is 16.7 Å². The van der Waals surface area contributed by atoms with Crippen molar-refractivity contribution in [2.24, 2.45) is 0 Å². The molecule has 1 aromatic heterocycles. The second kappa shape index (κ2) is 7.52. The van der Waals surface area contributed by atoms with Gasteiger partial charge in [0.25, 0.3) is 5.91 Å². The molecular weight excluding hydrogens is 355 g/mol. The minimum Gasteiger partial charge on any atom is -0.268 e. The van der Waals surface area contributed by atoms with E-state index >= 15 is 0 Å². The van der Waals surface area contributed by atoms with Crippen molar-refractivity contribution in [3.05, 3.63) is 65.5 Å². The Kier molecular flexibility index (Phi) is 5.32. The molecule has 0 atom stereocenters. The van der Waals surface area contributed by atoms with Crippen LogP contribution in [0, 0.1) is 0 Å². The number of carbonyl (C=O) groups is 1. The molecule has 1 amide bonds. The summed E-state index contributed by atoms with van der Waals surface area (Å²) in [5.41, 5.74) is -0.471. The smallest absolute Gasteiger partial charge is 0.268 e. The van der Waals surface area contributed by atoms with Crippen molar-refractivity contribution in [3.8, 4) is 0 Å². The minimum atomic E-state index is -4.52. The number of benzene rings is 1. The van der Waals surface area contributed by atoms with Crippen LogP contribution in [0.15, 0.2) is 59.8 Å². The Morgan fingerprint density at radius 2 is 1.89 bits per heavy atom. The van der Waals surface area contributed by atoms with Crippen molar-refractivity contribution in [1.82, 2.24) is 15.0 Å². The first-order valence-electron chi connectivity index (χ1n) is 8.57. The molecule has 2 aromatic rings. The van der Waals surface area contributed by atoms with E-state index in [4.69, 9.17) is 0 Å². The molecule has 0 aliphatic heterocycles. The highest BCUT2D eigenvalue weighted by Gasteiger charge is 2.38. The first-order valence-corrected chi connectivity index (χ1v) is 8.57. The average Bonchev–Trinajstić information content (AvgIpc) is 2.64. The predicted molar refractivity (Wildman–Crippen MR) is 97.4 cm³/mol. The number of carbonyl (C=O) groups excluding carboxylic acids is 1. The maximum atomic E-state index is 13.3. The Bertz CT molecular complexity index is 916. The molecule has 1 aliphatic rings. The molecule has 142 valence electrons. The number of fused-ring (bicyclic) bond motifs is 1. The molecule has 0 saturated carbocycles. The summed E-state index contributed by atoms with van der Waals surface area (Å²) >= 11 is 0. The number of halogens is 3. The summed E-state index contributed by atoms with van der Waals surface area (Å²) in [6.45, 7) is 0.0825. The zero-order valence-electron chi connectivity index (χ0n) is 15.1. The summed E-state index contributed by atoms with van der Waals surface area (Å²) in [4.78, 5) is 17.3. The number of pyridine rings is 1. The van der Waals surface area contributed by atoms with Crippen LogP contribution in [0.4, 0.5) is 13.2 Å². The molecule has 0 radical (unpaired) electrons. The number of aromatic nitrogens is 1. The van der Waals surface area contributed by atoms with Gasteiger partial charge in [0.1, 0.15) is 0 Å². The van der Waals surface area contributed by atoms with Crippen LogP contribution in [0.25, 0.3) is 10.8 Å². The van der Waals surface area contributed by atoms with Crippen molar-refractivity contribution in [3.63, 3.8) is 0 Å². The summed E-state index contributed by atoms with van der Waals surface area (Å²) in [5, 5.41) is 4.68. The molecule has 7 heteroatoms. The van der Waals surface area contributed by atoms with Crippen molar-refractivity contribution < 1.29 is 18.0 Å². The zero-order valence-corrected chi connectivity index (χ0v) is 15.1. The van der Waals surface area contributed by atoms with Crippen LogP contribution in [-0.2, 0) is 11.3 Å². The van der Waals surface area contributed by atoms with Gasteiger partial charge in [-0.3, -0.25) is 14.8 Å². The molecule has 0 bridgehead atoms. The summed E-state index contributed by atoms with van der Waals surface area (Å²) in [7, 11) is 3.25. The highest BCUT2D eigenvalue weighted by atomic mass is 19.4. The van der Waals surface area contributed by atoms with Gasteiger partial charge in [-0.15, -0.1) is 0 Å². The van der Waals surface area contributed by atoms with Gasteiger partial charge in [0.05, 0.1) is 12.2 Å². The number of allylic oxidation sites excluding steroid dienone is 2. The second-order valence-electron chi connectivity index (χ2n) is 6.56. The first-order chi connectivity index (χ1) is 12.8. The van der Waals surface area contributed by atoms with E-state index in [2.05, 4.69) is 4.98 Å². The standard InChI is InChI=1S/C20H20F3N3O/c1-25(2)26(13-16-11-14-7-3-4-8-15(14)12-24-16)19(27)17-9-5-6-10-18(17)20(21,22)23/h3-5,7-9,11-12H,6,10,13H2,1-2H3. The number of nitrogens with zero attached hydrogens (tertiary/aromatic N) is 3. The maximum Gasteiger partial charge on any atom is 0.413 e. The van der Waals surface area contributed by atoms with Gasteiger partial charge in [-0.2, -0.15) is 13.2 Å². The van der Waals surface area contributed by atoms with E-state index in [0.717, 1.165) is 10.8 Å². The Labute approximate surface area is 155 Å². The largest absolute Gasteiger partial charge is 0.413 e. The predicted octanol–water partition coefficient (Wildman–Crippen LogP) is 4.25. The second-order valence-corrected chi connectivity index (χ2v) is 6.56. The van der Waals surface area contributed by atoms with Crippen LogP contribution in [0.5, 0.6) is 0 Å². The highest BCUT2D eigenvalue weighted by molar-refractivity contribution is 5.97. The number of amides is 1. The summed E-state index contributed by atoms with van der Waals surface area (Å²) in [6.07, 6.45) is 0.152. The van der Waals surface area contributed by atoms with Crippen LogP contribution in [0.1, 0.15) is 18.5 Å². The van der Waals surface area contributed by atoms with Crippen LogP contribution in [-0.4, -0.2) is 41.2 Å². The fourth-order valence-corrected chi connectivity index (χ4v) is 3.06. The number of alkyl halides is 3. The van der Waals surface area contributed by atoms with E-state index < -0.39 is 17.7 Å². The van der Waals surface area contributed by atoms with Crippen molar-refractivity contribution in [1.29, 1.82) is 0 Å². The normalized spacial score (nSPS) is 14.9. The molecule has 3 rings (SSSR count). The van der Waals surface area contributed by atoms with E-state index in [9.17, 15) is 18.0 Å². The number of hydrogen-bond acceptors (Lipinski definition) is 3. The third-order valence-corrected chi connectivity index (χ3v) is 4.46. The third kappa shape index (κ3) is 4.19. The van der Waals surface area contributed by atoms with Gasteiger partial charge < -0.3 is 0 Å². The van der Waals surface area contributed by atoms with Gasteiger partial charge in [0.15, 0.2) is 0 Å². The average molecular weight is 375 g/mol. The quantitative estimate of drug-likeness (QED) is 0.750. The fraction of sp³-hybridized carbons (Fsp3) is 0.300. The van der Waals surface area contributed by atoms with Gasteiger partial charge in [0.2, 0.25) is 0 Å². The maximum absolute atomic E-state index is 13.3.